The molecule has 1 aliphatic carbocycles. The zero-order valence-electron chi connectivity index (χ0n) is 23.2. The number of sulfone groups is 1. The maximum atomic E-state index is 13.4. The zero-order valence-corrected chi connectivity index (χ0v) is 25.6. The van der Waals surface area contributed by atoms with Crippen molar-refractivity contribution in [2.45, 2.75) is 43.0 Å². The molecule has 2 N–H and O–H groups in total. The van der Waals surface area contributed by atoms with E-state index in [-0.39, 0.29) is 32.7 Å². The molecule has 1 saturated carbocycles. The molecule has 220 valence electrons. The lowest BCUT2D eigenvalue weighted by molar-refractivity contribution is 0.0948. The van der Waals surface area contributed by atoms with Crippen molar-refractivity contribution in [3.05, 3.63) is 93.7 Å². The Morgan fingerprint density at radius 1 is 0.976 bits per heavy atom. The van der Waals surface area contributed by atoms with Gasteiger partial charge in [-0.25, -0.2) is 12.8 Å². The summed E-state index contributed by atoms with van der Waals surface area (Å²) in [5, 5.41) is 6.34. The Kier molecular flexibility index (Phi) is 10.7. The molecule has 0 radical (unpaired) electrons. The lowest BCUT2D eigenvalue weighted by atomic mass is 9.75. The second-order valence-electron chi connectivity index (χ2n) is 10.8. The summed E-state index contributed by atoms with van der Waals surface area (Å²) in [4.78, 5) is 15.3. The number of nitrogens with zero attached hydrogens (tertiary/aromatic N) is 1. The fourth-order valence-corrected chi connectivity index (χ4v) is 7.14. The van der Waals surface area contributed by atoms with Crippen LogP contribution in [0.1, 0.15) is 54.1 Å². The molecule has 4 rings (SSSR count). The number of carbonyl (C=O) groups excluding carboxylic acids is 1. The van der Waals surface area contributed by atoms with E-state index in [1.807, 2.05) is 12.1 Å². The second kappa shape index (κ2) is 14.0. The molecular formula is C31H36Cl2FN3O3S. The lowest BCUT2D eigenvalue weighted by Gasteiger charge is -2.37. The van der Waals surface area contributed by atoms with E-state index in [2.05, 4.69) is 29.6 Å². The molecule has 0 heterocycles. The van der Waals surface area contributed by atoms with Crippen LogP contribution < -0.4 is 10.6 Å². The molecule has 3 aromatic rings. The predicted octanol–water partition coefficient (Wildman–Crippen LogP) is 7.21. The van der Waals surface area contributed by atoms with Crippen LogP contribution in [0, 0.1) is 17.7 Å². The van der Waals surface area contributed by atoms with E-state index in [1.165, 1.54) is 30.3 Å². The number of amides is 1. The third-order valence-electron chi connectivity index (χ3n) is 7.82. The maximum Gasteiger partial charge on any atom is 0.253 e. The van der Waals surface area contributed by atoms with Gasteiger partial charge in [0, 0.05) is 18.3 Å². The number of benzene rings is 3. The maximum absolute atomic E-state index is 13.4. The number of hydrogen-bond donors (Lipinski definition) is 2. The topological polar surface area (TPSA) is 78.5 Å². The van der Waals surface area contributed by atoms with Gasteiger partial charge in [0.2, 0.25) is 0 Å². The average Bonchev–Trinajstić information content (AvgIpc) is 2.95. The molecule has 0 bridgehead atoms. The van der Waals surface area contributed by atoms with Crippen molar-refractivity contribution in [3.8, 4) is 0 Å². The average molecular weight is 621 g/mol. The molecule has 0 spiro atoms. The van der Waals surface area contributed by atoms with Crippen LogP contribution in [0.5, 0.6) is 0 Å². The van der Waals surface area contributed by atoms with Crippen LogP contribution in [0.2, 0.25) is 10.0 Å². The van der Waals surface area contributed by atoms with Gasteiger partial charge in [0.05, 0.1) is 20.5 Å². The molecule has 10 heteroatoms. The third-order valence-corrected chi connectivity index (χ3v) is 10.1. The summed E-state index contributed by atoms with van der Waals surface area (Å²) in [5.74, 6) is 0.151. The van der Waals surface area contributed by atoms with Crippen molar-refractivity contribution in [1.82, 2.24) is 10.2 Å². The van der Waals surface area contributed by atoms with Crippen LogP contribution in [-0.4, -0.2) is 45.7 Å². The number of nitrogens with one attached hydrogen (secondary N) is 2. The van der Waals surface area contributed by atoms with Gasteiger partial charge < -0.3 is 15.5 Å². The smallest absolute Gasteiger partial charge is 0.253 e. The number of rotatable bonds is 11. The summed E-state index contributed by atoms with van der Waals surface area (Å²) >= 11 is 11.9. The van der Waals surface area contributed by atoms with Crippen LogP contribution in [0.15, 0.2) is 71.6 Å². The Morgan fingerprint density at radius 3 is 2.32 bits per heavy atom. The number of para-hydroxylation sites is 1. The van der Waals surface area contributed by atoms with Gasteiger partial charge in [-0.1, -0.05) is 60.3 Å². The fourth-order valence-electron chi connectivity index (χ4n) is 5.69. The summed E-state index contributed by atoms with van der Waals surface area (Å²) in [6.07, 6.45) is 5.20. The highest BCUT2D eigenvalue weighted by Crippen LogP contribution is 2.40. The molecule has 0 aliphatic heterocycles. The van der Waals surface area contributed by atoms with Gasteiger partial charge in [-0.2, -0.15) is 0 Å². The van der Waals surface area contributed by atoms with E-state index in [0.29, 0.717) is 29.6 Å². The Hall–Kier alpha value is -2.65. The number of anilines is 1. The van der Waals surface area contributed by atoms with Gasteiger partial charge >= 0.3 is 0 Å². The lowest BCUT2D eigenvalue weighted by Crippen LogP contribution is -2.32. The second-order valence-corrected chi connectivity index (χ2v) is 13.6. The Bertz CT molecular complexity index is 1440. The highest BCUT2D eigenvalue weighted by atomic mass is 35.5. The molecule has 1 atom stereocenters. The van der Waals surface area contributed by atoms with Crippen LogP contribution in [0.4, 0.5) is 10.1 Å². The summed E-state index contributed by atoms with van der Waals surface area (Å²) in [6, 6.07) is 18.1. The molecule has 41 heavy (non-hydrogen) atoms. The first kappa shape index (κ1) is 31.3. The first-order valence-electron chi connectivity index (χ1n) is 13.8. The highest BCUT2D eigenvalue weighted by Gasteiger charge is 2.30. The first-order valence-corrected chi connectivity index (χ1v) is 16.2. The van der Waals surface area contributed by atoms with E-state index in [9.17, 15) is 17.6 Å². The van der Waals surface area contributed by atoms with Gasteiger partial charge in [-0.15, -0.1) is 0 Å². The van der Waals surface area contributed by atoms with Gasteiger partial charge in [0.1, 0.15) is 11.7 Å². The molecule has 6 nitrogen and oxygen atoms in total. The molecule has 1 amide bonds. The minimum absolute atomic E-state index is 0.0469. The van der Waals surface area contributed by atoms with Gasteiger partial charge in [0.25, 0.3) is 5.91 Å². The van der Waals surface area contributed by atoms with Gasteiger partial charge in [0.15, 0.2) is 9.84 Å². The van der Waals surface area contributed by atoms with E-state index in [0.717, 1.165) is 37.7 Å². The van der Waals surface area contributed by atoms with Crippen molar-refractivity contribution >= 4 is 44.6 Å². The van der Waals surface area contributed by atoms with Crippen LogP contribution >= 0.6 is 23.2 Å². The minimum Gasteiger partial charge on any atom is -0.371 e. The Balaban J connectivity index is 1.28. The number of carbonyl (C=O) groups is 1. The van der Waals surface area contributed by atoms with Crippen LogP contribution in [0.25, 0.3) is 0 Å². The summed E-state index contributed by atoms with van der Waals surface area (Å²) in [6.45, 7) is 0.541. The molecule has 1 fully saturated rings. The number of halogens is 3. The summed E-state index contributed by atoms with van der Waals surface area (Å²) in [5.41, 5.74) is 1.96. The van der Waals surface area contributed by atoms with Gasteiger partial charge in [-0.05, 0) is 93.2 Å². The van der Waals surface area contributed by atoms with Crippen molar-refractivity contribution in [2.75, 3.05) is 31.8 Å². The van der Waals surface area contributed by atoms with Gasteiger partial charge in [-0.3, -0.25) is 4.79 Å². The molecular weight excluding hydrogens is 584 g/mol. The van der Waals surface area contributed by atoms with E-state index in [1.54, 1.807) is 24.3 Å². The fraction of sp³-hybridized carbons (Fsp3) is 0.387. The summed E-state index contributed by atoms with van der Waals surface area (Å²) in [7, 11) is 0.436. The predicted molar refractivity (Wildman–Crippen MR) is 164 cm³/mol. The molecule has 1 unspecified atom stereocenters. The Morgan fingerprint density at radius 2 is 1.66 bits per heavy atom. The normalized spacial score (nSPS) is 18.2. The quantitative estimate of drug-likeness (QED) is 0.237. The van der Waals surface area contributed by atoms with E-state index < -0.39 is 15.7 Å². The Labute approximate surface area is 252 Å². The first-order chi connectivity index (χ1) is 19.5. The highest BCUT2D eigenvalue weighted by molar-refractivity contribution is 7.91. The van der Waals surface area contributed by atoms with E-state index >= 15 is 0 Å². The standard InChI is InChI=1S/C31H36Cl2FN3O3S/c1-37(2)30(23-11-13-24(34)14-12-23)22-9-7-21(8-10-22)17-18-35-31(38)26-5-3-4-6-29(26)36-20-41(39,40)25-15-16-27(32)28(33)19-25/h3-6,11-16,19,21-22,30,36H,7-10,17-18,20H2,1-2H3,(H,35,38). The minimum atomic E-state index is -3.71. The SMILES string of the molecule is CN(C)C(c1ccc(F)cc1)C1CCC(CCNC(=O)c2ccccc2NCS(=O)(=O)c2ccc(Cl)c(Cl)c2)CC1. The monoisotopic (exact) mass is 619 g/mol. The third kappa shape index (κ3) is 8.22. The molecule has 1 aliphatic rings. The van der Waals surface area contributed by atoms with Crippen LogP contribution in [0.3, 0.4) is 0 Å². The molecule has 3 aromatic carbocycles. The molecule has 0 aromatic heterocycles. The van der Waals surface area contributed by atoms with Crippen molar-refractivity contribution in [1.29, 1.82) is 0 Å². The van der Waals surface area contributed by atoms with Crippen molar-refractivity contribution in [2.24, 2.45) is 11.8 Å². The van der Waals surface area contributed by atoms with Crippen LogP contribution in [-0.2, 0) is 9.84 Å². The summed E-state index contributed by atoms with van der Waals surface area (Å²) < 4.78 is 39.1. The number of hydrogen-bond acceptors (Lipinski definition) is 5. The van der Waals surface area contributed by atoms with E-state index in [4.69, 9.17) is 23.2 Å². The largest absolute Gasteiger partial charge is 0.371 e. The van der Waals surface area contributed by atoms with Crippen molar-refractivity contribution in [3.63, 3.8) is 0 Å². The van der Waals surface area contributed by atoms with Crippen molar-refractivity contribution < 1.29 is 17.6 Å². The molecule has 0 saturated heterocycles. The zero-order chi connectivity index (χ0) is 29.6.